The Labute approximate surface area is 119 Å². The Morgan fingerprint density at radius 3 is 2.50 bits per heavy atom. The van der Waals surface area contributed by atoms with Gasteiger partial charge in [-0.05, 0) is 19.8 Å². The Hall–Kier alpha value is -1.89. The van der Waals surface area contributed by atoms with Crippen molar-refractivity contribution >= 4 is 17.5 Å². The van der Waals surface area contributed by atoms with Gasteiger partial charge in [-0.1, -0.05) is 13.8 Å². The number of amides is 1. The Morgan fingerprint density at radius 2 is 1.90 bits per heavy atom. The number of nitrogens with one attached hydrogen (secondary N) is 3. The summed E-state index contributed by atoms with van der Waals surface area (Å²) >= 11 is 0. The number of carbonyl (C=O) groups excluding carboxylic acids is 1. The minimum Gasteiger partial charge on any atom is -0.369 e. The van der Waals surface area contributed by atoms with Crippen molar-refractivity contribution in [3.63, 3.8) is 0 Å². The Balaban J connectivity index is 2.50. The molecule has 7 heteroatoms. The van der Waals surface area contributed by atoms with E-state index in [1.807, 2.05) is 6.92 Å². The van der Waals surface area contributed by atoms with Crippen LogP contribution in [0.1, 0.15) is 31.7 Å². The third kappa shape index (κ3) is 5.00. The lowest BCUT2D eigenvalue weighted by molar-refractivity contribution is -0.120. The van der Waals surface area contributed by atoms with Crippen LogP contribution in [-0.4, -0.2) is 29.0 Å². The SMILES string of the molecule is Cc1nc(NN)c(C)c(NCCC(=O)NCC(C)C)n1. The van der Waals surface area contributed by atoms with Gasteiger partial charge in [0.1, 0.15) is 17.5 Å². The maximum absolute atomic E-state index is 11.6. The van der Waals surface area contributed by atoms with Crippen LogP contribution < -0.4 is 21.9 Å². The second kappa shape index (κ2) is 7.64. The number of carbonyl (C=O) groups is 1. The molecule has 112 valence electrons. The summed E-state index contributed by atoms with van der Waals surface area (Å²) in [5.74, 6) is 7.79. The van der Waals surface area contributed by atoms with Gasteiger partial charge in [0.05, 0.1) is 0 Å². The molecule has 0 unspecified atom stereocenters. The highest BCUT2D eigenvalue weighted by molar-refractivity contribution is 5.76. The van der Waals surface area contributed by atoms with Gasteiger partial charge in [0.15, 0.2) is 0 Å². The predicted octanol–water partition coefficient (Wildman–Crippen LogP) is 0.953. The summed E-state index contributed by atoms with van der Waals surface area (Å²) in [5.41, 5.74) is 3.37. The number of rotatable bonds is 7. The van der Waals surface area contributed by atoms with Crippen molar-refractivity contribution in [2.24, 2.45) is 11.8 Å². The number of hydrazine groups is 1. The maximum Gasteiger partial charge on any atom is 0.221 e. The molecule has 1 amide bonds. The van der Waals surface area contributed by atoms with Gasteiger partial charge in [-0.25, -0.2) is 15.8 Å². The topological polar surface area (TPSA) is 105 Å². The van der Waals surface area contributed by atoms with Gasteiger partial charge in [-0.3, -0.25) is 4.79 Å². The molecular weight excluding hydrogens is 256 g/mol. The number of nitrogens with two attached hydrogens (primary N) is 1. The molecule has 0 saturated heterocycles. The van der Waals surface area contributed by atoms with Crippen LogP contribution in [0.15, 0.2) is 0 Å². The number of nitrogen functional groups attached to an aromatic ring is 1. The number of nitrogens with zero attached hydrogens (tertiary/aromatic N) is 2. The molecule has 0 radical (unpaired) electrons. The molecule has 0 aromatic carbocycles. The van der Waals surface area contributed by atoms with E-state index in [1.54, 1.807) is 6.92 Å². The van der Waals surface area contributed by atoms with E-state index in [4.69, 9.17) is 5.84 Å². The van der Waals surface area contributed by atoms with Crippen molar-refractivity contribution in [2.75, 3.05) is 23.8 Å². The molecule has 0 spiro atoms. The minimum absolute atomic E-state index is 0.0341. The van der Waals surface area contributed by atoms with Gasteiger partial charge < -0.3 is 16.1 Å². The van der Waals surface area contributed by atoms with E-state index in [1.165, 1.54) is 0 Å². The molecule has 1 aromatic heterocycles. The molecule has 0 fully saturated rings. The molecule has 1 heterocycles. The van der Waals surface area contributed by atoms with E-state index in [0.717, 1.165) is 5.56 Å². The van der Waals surface area contributed by atoms with Gasteiger partial charge in [-0.15, -0.1) is 0 Å². The number of anilines is 2. The van der Waals surface area contributed by atoms with E-state index in [-0.39, 0.29) is 5.91 Å². The second-order valence-electron chi connectivity index (χ2n) is 5.11. The fourth-order valence-corrected chi connectivity index (χ4v) is 1.64. The molecule has 0 bridgehead atoms. The molecule has 0 atom stereocenters. The van der Waals surface area contributed by atoms with Crippen molar-refractivity contribution < 1.29 is 4.79 Å². The highest BCUT2D eigenvalue weighted by Crippen LogP contribution is 2.18. The van der Waals surface area contributed by atoms with E-state index in [2.05, 4.69) is 39.9 Å². The first kappa shape index (κ1) is 16.2. The quantitative estimate of drug-likeness (QED) is 0.438. The van der Waals surface area contributed by atoms with Crippen LogP contribution >= 0.6 is 0 Å². The molecule has 0 aliphatic heterocycles. The van der Waals surface area contributed by atoms with Crippen molar-refractivity contribution in [1.82, 2.24) is 15.3 Å². The summed E-state index contributed by atoms with van der Waals surface area (Å²) in [5, 5.41) is 6.01. The molecule has 1 rings (SSSR count). The van der Waals surface area contributed by atoms with Crippen LogP contribution in [0.4, 0.5) is 11.6 Å². The lowest BCUT2D eigenvalue weighted by Crippen LogP contribution is -2.28. The summed E-state index contributed by atoms with van der Waals surface area (Å²) < 4.78 is 0. The average molecular weight is 280 g/mol. The molecule has 1 aromatic rings. The van der Waals surface area contributed by atoms with Gasteiger partial charge >= 0.3 is 0 Å². The zero-order valence-electron chi connectivity index (χ0n) is 12.6. The first-order valence-electron chi connectivity index (χ1n) is 6.76. The van der Waals surface area contributed by atoms with Crippen molar-refractivity contribution in [2.45, 2.75) is 34.1 Å². The molecule has 5 N–H and O–H groups in total. The Morgan fingerprint density at radius 1 is 1.25 bits per heavy atom. The molecule has 20 heavy (non-hydrogen) atoms. The highest BCUT2D eigenvalue weighted by Gasteiger charge is 2.08. The summed E-state index contributed by atoms with van der Waals surface area (Å²) in [6.07, 6.45) is 0.403. The van der Waals surface area contributed by atoms with Crippen LogP contribution in [0.5, 0.6) is 0 Å². The normalized spacial score (nSPS) is 10.5. The summed E-state index contributed by atoms with van der Waals surface area (Å²) in [7, 11) is 0. The Bertz CT molecular complexity index is 460. The monoisotopic (exact) mass is 280 g/mol. The van der Waals surface area contributed by atoms with Crippen LogP contribution in [0.2, 0.25) is 0 Å². The maximum atomic E-state index is 11.6. The van der Waals surface area contributed by atoms with Crippen LogP contribution in [0.25, 0.3) is 0 Å². The minimum atomic E-state index is 0.0341. The number of hydrogen-bond acceptors (Lipinski definition) is 6. The smallest absolute Gasteiger partial charge is 0.221 e. The van der Waals surface area contributed by atoms with Crippen molar-refractivity contribution in [1.29, 1.82) is 0 Å². The lowest BCUT2D eigenvalue weighted by atomic mass is 10.2. The largest absolute Gasteiger partial charge is 0.369 e. The fourth-order valence-electron chi connectivity index (χ4n) is 1.64. The summed E-state index contributed by atoms with van der Waals surface area (Å²) in [6, 6.07) is 0. The molecule has 7 nitrogen and oxygen atoms in total. The van der Waals surface area contributed by atoms with Crippen LogP contribution in [0, 0.1) is 19.8 Å². The molecule has 0 aliphatic rings. The zero-order valence-corrected chi connectivity index (χ0v) is 12.6. The van der Waals surface area contributed by atoms with Gasteiger partial charge in [0.25, 0.3) is 0 Å². The standard InChI is InChI=1S/C13H24N6O/c1-8(2)7-16-11(20)5-6-15-12-9(3)13(19-14)18-10(4)17-12/h8H,5-7,14H2,1-4H3,(H,16,20)(H2,15,17,18,19). The molecule has 0 saturated carbocycles. The molecule has 0 aliphatic carbocycles. The lowest BCUT2D eigenvalue weighted by Gasteiger charge is -2.12. The van der Waals surface area contributed by atoms with Crippen molar-refractivity contribution in [3.05, 3.63) is 11.4 Å². The van der Waals surface area contributed by atoms with Crippen LogP contribution in [0.3, 0.4) is 0 Å². The van der Waals surface area contributed by atoms with E-state index in [0.29, 0.717) is 42.9 Å². The van der Waals surface area contributed by atoms with E-state index < -0.39 is 0 Å². The highest BCUT2D eigenvalue weighted by atomic mass is 16.1. The first-order valence-corrected chi connectivity index (χ1v) is 6.76. The van der Waals surface area contributed by atoms with Gasteiger partial charge in [0.2, 0.25) is 5.91 Å². The number of hydrogen-bond donors (Lipinski definition) is 4. The van der Waals surface area contributed by atoms with Gasteiger partial charge in [0, 0.05) is 25.1 Å². The van der Waals surface area contributed by atoms with Gasteiger partial charge in [-0.2, -0.15) is 0 Å². The van der Waals surface area contributed by atoms with Crippen LogP contribution in [-0.2, 0) is 4.79 Å². The average Bonchev–Trinajstić information content (AvgIpc) is 2.39. The van der Waals surface area contributed by atoms with E-state index in [9.17, 15) is 4.79 Å². The van der Waals surface area contributed by atoms with E-state index >= 15 is 0 Å². The summed E-state index contributed by atoms with van der Waals surface area (Å²) in [4.78, 5) is 20.1. The fraction of sp³-hybridized carbons (Fsp3) is 0.615. The predicted molar refractivity (Wildman–Crippen MR) is 80.3 cm³/mol. The third-order valence-electron chi connectivity index (χ3n) is 2.75. The van der Waals surface area contributed by atoms with Crippen molar-refractivity contribution in [3.8, 4) is 0 Å². The zero-order chi connectivity index (χ0) is 15.1. The Kier molecular flexibility index (Phi) is 6.17. The number of aryl methyl sites for hydroxylation is 1. The second-order valence-corrected chi connectivity index (χ2v) is 5.11. The number of aromatic nitrogens is 2. The summed E-state index contributed by atoms with van der Waals surface area (Å²) in [6.45, 7) is 9.01. The first-order chi connectivity index (χ1) is 9.43. The molecular formula is C13H24N6O. The third-order valence-corrected chi connectivity index (χ3v) is 2.75.